The van der Waals surface area contributed by atoms with Crippen molar-refractivity contribution in [1.29, 1.82) is 0 Å². The van der Waals surface area contributed by atoms with Crippen LogP contribution in [0.5, 0.6) is 11.6 Å². The minimum atomic E-state index is -0.622. The first-order valence-electron chi connectivity index (χ1n) is 6.14. The quantitative estimate of drug-likeness (QED) is 0.913. The van der Waals surface area contributed by atoms with Gasteiger partial charge in [-0.3, -0.25) is 0 Å². The topological polar surface area (TPSA) is 42.4 Å². The predicted molar refractivity (Wildman–Crippen MR) is 70.7 cm³/mol. The largest absolute Gasteiger partial charge is 0.436 e. The zero-order valence-electron chi connectivity index (χ0n) is 10.9. The number of aromatic nitrogens is 1. The number of pyridine rings is 1. The molecule has 1 aromatic carbocycles. The minimum absolute atomic E-state index is 0.111. The Balaban J connectivity index is 2.37. The van der Waals surface area contributed by atoms with Crippen molar-refractivity contribution in [2.75, 3.05) is 0 Å². The van der Waals surface area contributed by atoms with Crippen LogP contribution in [-0.4, -0.2) is 10.1 Å². The molecule has 0 radical (unpaired) electrons. The zero-order valence-corrected chi connectivity index (χ0v) is 10.9. The third kappa shape index (κ3) is 2.90. The molecule has 0 bridgehead atoms. The van der Waals surface area contributed by atoms with Crippen LogP contribution in [0.15, 0.2) is 36.5 Å². The summed E-state index contributed by atoms with van der Waals surface area (Å²) in [6.07, 6.45) is 1.42. The van der Waals surface area contributed by atoms with Crippen molar-refractivity contribution < 1.29 is 14.2 Å². The SMILES string of the molecule is CC(C)c1ccccc1Oc1nccc(CO)c1F. The highest BCUT2D eigenvalue weighted by Gasteiger charge is 2.14. The van der Waals surface area contributed by atoms with E-state index in [1.807, 2.05) is 32.0 Å². The summed E-state index contributed by atoms with van der Waals surface area (Å²) < 4.78 is 19.5. The van der Waals surface area contributed by atoms with Gasteiger partial charge in [-0.2, -0.15) is 0 Å². The van der Waals surface area contributed by atoms with Crippen LogP contribution in [0.1, 0.15) is 30.9 Å². The number of halogens is 1. The molecular weight excluding hydrogens is 245 g/mol. The van der Waals surface area contributed by atoms with E-state index in [0.717, 1.165) is 5.56 Å². The molecule has 1 heterocycles. The molecule has 0 unspecified atom stereocenters. The highest BCUT2D eigenvalue weighted by Crippen LogP contribution is 2.31. The maximum Gasteiger partial charge on any atom is 0.256 e. The number of benzene rings is 1. The molecule has 0 atom stereocenters. The van der Waals surface area contributed by atoms with Crippen LogP contribution in [0.25, 0.3) is 0 Å². The summed E-state index contributed by atoms with van der Waals surface area (Å²) in [4.78, 5) is 3.87. The smallest absolute Gasteiger partial charge is 0.256 e. The summed E-state index contributed by atoms with van der Waals surface area (Å²) in [6, 6.07) is 8.89. The molecule has 1 N–H and O–H groups in total. The molecule has 2 rings (SSSR count). The second-order valence-electron chi connectivity index (χ2n) is 4.54. The lowest BCUT2D eigenvalue weighted by Crippen LogP contribution is -1.99. The maximum atomic E-state index is 13.9. The van der Waals surface area contributed by atoms with Crippen molar-refractivity contribution in [1.82, 2.24) is 4.98 Å². The lowest BCUT2D eigenvalue weighted by molar-refractivity contribution is 0.272. The Kier molecular flexibility index (Phi) is 4.12. The standard InChI is InChI=1S/C15H16FNO2/c1-10(2)12-5-3-4-6-13(12)19-15-14(16)11(9-18)7-8-17-15/h3-8,10,18H,9H2,1-2H3. The molecule has 0 aliphatic carbocycles. The lowest BCUT2D eigenvalue weighted by atomic mass is 10.0. The molecular formula is C15H16FNO2. The number of nitrogens with zero attached hydrogens (tertiary/aromatic N) is 1. The Bertz CT molecular complexity index is 570. The fraction of sp³-hybridized carbons (Fsp3) is 0.267. The van der Waals surface area contributed by atoms with Crippen molar-refractivity contribution in [3.05, 3.63) is 53.5 Å². The lowest BCUT2D eigenvalue weighted by Gasteiger charge is -2.13. The molecule has 100 valence electrons. The third-order valence-corrected chi connectivity index (χ3v) is 2.86. The summed E-state index contributed by atoms with van der Waals surface area (Å²) in [5.74, 6) is 0.113. The van der Waals surface area contributed by atoms with Crippen LogP contribution >= 0.6 is 0 Å². The molecule has 0 saturated carbocycles. The van der Waals surface area contributed by atoms with Crippen LogP contribution in [0.4, 0.5) is 4.39 Å². The zero-order chi connectivity index (χ0) is 13.8. The maximum absolute atomic E-state index is 13.9. The van der Waals surface area contributed by atoms with Gasteiger partial charge in [0, 0.05) is 11.8 Å². The fourth-order valence-electron chi connectivity index (χ4n) is 1.81. The molecule has 2 aromatic rings. The second kappa shape index (κ2) is 5.80. The van der Waals surface area contributed by atoms with Crippen molar-refractivity contribution in [2.24, 2.45) is 0 Å². The van der Waals surface area contributed by atoms with Gasteiger partial charge in [0.15, 0.2) is 5.82 Å². The van der Waals surface area contributed by atoms with Gasteiger partial charge < -0.3 is 9.84 Å². The van der Waals surface area contributed by atoms with Gasteiger partial charge in [-0.15, -0.1) is 0 Å². The number of para-hydroxylation sites is 1. The summed E-state index contributed by atoms with van der Waals surface area (Å²) in [5, 5.41) is 9.03. The summed E-state index contributed by atoms with van der Waals surface area (Å²) in [6.45, 7) is 3.70. The number of hydrogen-bond donors (Lipinski definition) is 1. The van der Waals surface area contributed by atoms with E-state index in [1.54, 1.807) is 6.07 Å². The number of hydrogen-bond acceptors (Lipinski definition) is 3. The Morgan fingerprint density at radius 1 is 1.26 bits per heavy atom. The van der Waals surface area contributed by atoms with Gasteiger partial charge in [-0.1, -0.05) is 32.0 Å². The molecule has 4 heteroatoms. The number of aliphatic hydroxyl groups is 1. The van der Waals surface area contributed by atoms with E-state index in [1.165, 1.54) is 12.3 Å². The van der Waals surface area contributed by atoms with E-state index >= 15 is 0 Å². The van der Waals surface area contributed by atoms with E-state index in [9.17, 15) is 4.39 Å². The fourth-order valence-corrected chi connectivity index (χ4v) is 1.81. The molecule has 0 aliphatic rings. The van der Waals surface area contributed by atoms with Crippen LogP contribution < -0.4 is 4.74 Å². The molecule has 0 amide bonds. The number of ether oxygens (including phenoxy) is 1. The van der Waals surface area contributed by atoms with Crippen molar-refractivity contribution >= 4 is 0 Å². The minimum Gasteiger partial charge on any atom is -0.436 e. The normalized spacial score (nSPS) is 10.8. The van der Waals surface area contributed by atoms with Crippen molar-refractivity contribution in [3.8, 4) is 11.6 Å². The van der Waals surface area contributed by atoms with Gasteiger partial charge in [-0.25, -0.2) is 9.37 Å². The van der Waals surface area contributed by atoms with E-state index in [0.29, 0.717) is 5.75 Å². The summed E-state index contributed by atoms with van der Waals surface area (Å²) in [5.41, 5.74) is 1.16. The summed E-state index contributed by atoms with van der Waals surface area (Å²) >= 11 is 0. The van der Waals surface area contributed by atoms with Gasteiger partial charge in [0.05, 0.1) is 6.61 Å². The Morgan fingerprint density at radius 2 is 2.00 bits per heavy atom. The van der Waals surface area contributed by atoms with Crippen LogP contribution in [0, 0.1) is 5.82 Å². The van der Waals surface area contributed by atoms with Gasteiger partial charge in [0.25, 0.3) is 5.88 Å². The van der Waals surface area contributed by atoms with E-state index in [2.05, 4.69) is 4.98 Å². The third-order valence-electron chi connectivity index (χ3n) is 2.86. The van der Waals surface area contributed by atoms with Crippen molar-refractivity contribution in [2.45, 2.75) is 26.4 Å². The first-order chi connectivity index (χ1) is 9.13. The van der Waals surface area contributed by atoms with Crippen LogP contribution in [-0.2, 0) is 6.61 Å². The Morgan fingerprint density at radius 3 is 2.68 bits per heavy atom. The molecule has 1 aromatic heterocycles. The van der Waals surface area contributed by atoms with Crippen LogP contribution in [0.2, 0.25) is 0 Å². The van der Waals surface area contributed by atoms with Gasteiger partial charge in [-0.05, 0) is 23.6 Å². The monoisotopic (exact) mass is 261 g/mol. The van der Waals surface area contributed by atoms with Gasteiger partial charge in [0.2, 0.25) is 0 Å². The number of aliphatic hydroxyl groups excluding tert-OH is 1. The van der Waals surface area contributed by atoms with Crippen LogP contribution in [0.3, 0.4) is 0 Å². The number of rotatable bonds is 4. The molecule has 0 spiro atoms. The van der Waals surface area contributed by atoms with E-state index in [-0.39, 0.29) is 24.0 Å². The van der Waals surface area contributed by atoms with Gasteiger partial charge in [0.1, 0.15) is 5.75 Å². The second-order valence-corrected chi connectivity index (χ2v) is 4.54. The highest BCUT2D eigenvalue weighted by molar-refractivity contribution is 5.38. The molecule has 3 nitrogen and oxygen atoms in total. The Labute approximate surface area is 111 Å². The highest BCUT2D eigenvalue weighted by atomic mass is 19.1. The van der Waals surface area contributed by atoms with Crippen molar-refractivity contribution in [3.63, 3.8) is 0 Å². The van der Waals surface area contributed by atoms with E-state index in [4.69, 9.17) is 9.84 Å². The van der Waals surface area contributed by atoms with Gasteiger partial charge >= 0.3 is 0 Å². The summed E-state index contributed by atoms with van der Waals surface area (Å²) in [7, 11) is 0. The molecule has 0 saturated heterocycles. The molecule has 0 aliphatic heterocycles. The first-order valence-corrected chi connectivity index (χ1v) is 6.14. The Hall–Kier alpha value is -1.94. The predicted octanol–water partition coefficient (Wildman–Crippen LogP) is 3.63. The van der Waals surface area contributed by atoms with E-state index < -0.39 is 5.82 Å². The average molecular weight is 261 g/mol. The first kappa shape index (κ1) is 13.5. The average Bonchev–Trinajstić information content (AvgIpc) is 2.41. The molecule has 0 fully saturated rings. The molecule has 19 heavy (non-hydrogen) atoms.